The van der Waals surface area contributed by atoms with E-state index in [1.807, 2.05) is 13.8 Å². The van der Waals surface area contributed by atoms with Gasteiger partial charge < -0.3 is 35.6 Å². The number of carbonyl (C=O) groups is 3. The van der Waals surface area contributed by atoms with Crippen molar-refractivity contribution in [1.29, 1.82) is 0 Å². The van der Waals surface area contributed by atoms with Crippen LogP contribution in [0.2, 0.25) is 0 Å². The first-order valence-electron chi connectivity index (χ1n) is 10.4. The number of aromatic amines is 1. The molecule has 33 heavy (non-hydrogen) atoms. The van der Waals surface area contributed by atoms with Crippen LogP contribution in [-0.2, 0) is 17.9 Å². The third-order valence-corrected chi connectivity index (χ3v) is 5.19. The highest BCUT2D eigenvalue weighted by atomic mass is 16.3. The van der Waals surface area contributed by atoms with E-state index in [2.05, 4.69) is 26.1 Å². The number of nitrogens with zero attached hydrogens (tertiary/aromatic N) is 3. The van der Waals surface area contributed by atoms with Crippen molar-refractivity contribution in [2.45, 2.75) is 33.0 Å². The normalized spacial score (nSPS) is 13.6. The summed E-state index contributed by atoms with van der Waals surface area (Å²) in [7, 11) is 1.65. The first kappa shape index (κ1) is 23.6. The van der Waals surface area contributed by atoms with Crippen molar-refractivity contribution >= 4 is 17.7 Å². The van der Waals surface area contributed by atoms with Crippen molar-refractivity contribution in [3.8, 4) is 5.75 Å². The number of hydrogen-bond donors (Lipinski definition) is 5. The van der Waals surface area contributed by atoms with E-state index in [9.17, 15) is 24.3 Å². The Kier molecular flexibility index (Phi) is 7.16. The van der Waals surface area contributed by atoms with E-state index in [0.717, 1.165) is 0 Å². The lowest BCUT2D eigenvalue weighted by molar-refractivity contribution is -0.120. The summed E-state index contributed by atoms with van der Waals surface area (Å²) in [6, 6.07) is 4.29. The number of fused-ring (bicyclic) bond motifs is 1. The Morgan fingerprint density at radius 1 is 1.21 bits per heavy atom. The minimum atomic E-state index is -0.692. The van der Waals surface area contributed by atoms with Crippen LogP contribution in [0, 0.1) is 0 Å². The molecule has 0 aromatic carbocycles. The first-order chi connectivity index (χ1) is 15.7. The summed E-state index contributed by atoms with van der Waals surface area (Å²) in [6.45, 7) is 4.18. The van der Waals surface area contributed by atoms with E-state index in [1.165, 1.54) is 12.3 Å². The minimum absolute atomic E-state index is 0.0415. The molecule has 1 aliphatic rings. The molecule has 5 N–H and O–H groups in total. The van der Waals surface area contributed by atoms with Gasteiger partial charge in [-0.2, -0.15) is 5.10 Å². The highest BCUT2D eigenvalue weighted by Crippen LogP contribution is 2.22. The quantitative estimate of drug-likeness (QED) is 0.329. The third kappa shape index (κ3) is 5.22. The number of aromatic hydroxyl groups is 1. The van der Waals surface area contributed by atoms with Gasteiger partial charge in [0.15, 0.2) is 11.4 Å². The fourth-order valence-electron chi connectivity index (χ4n) is 3.50. The lowest BCUT2D eigenvalue weighted by atomic mass is 10.1. The Bertz CT molecular complexity index is 1180. The number of nitrogens with one attached hydrogen (secondary N) is 4. The first-order valence-corrected chi connectivity index (χ1v) is 10.4. The molecule has 3 heterocycles. The van der Waals surface area contributed by atoms with Crippen molar-refractivity contribution in [2.24, 2.45) is 5.10 Å². The number of pyridine rings is 2. The molecule has 2 aromatic heterocycles. The molecule has 176 valence electrons. The second kappa shape index (κ2) is 10.0. The van der Waals surface area contributed by atoms with Crippen LogP contribution in [0.4, 0.5) is 0 Å². The standard InChI is InChI=1S/C21H27N7O5/c1-12(2)27-6-7-28-14(8-15(29)19(31)18(28)21(27)33)10-24-17(30)11-25-20(32)13-4-5-16(23-9-13)26-22-3/h4-5,8-9,12,22,31H,6-7,10-11H2,1-3H3,(H,23,26)(H,24,30)(H,25,32). The molecule has 0 fully saturated rings. The van der Waals surface area contributed by atoms with Crippen LogP contribution in [0.1, 0.15) is 40.4 Å². The maximum absolute atomic E-state index is 12.8. The number of H-pyrrole nitrogens is 1. The summed E-state index contributed by atoms with van der Waals surface area (Å²) in [5.41, 5.74) is 3.10. The summed E-state index contributed by atoms with van der Waals surface area (Å²) in [4.78, 5) is 53.8. The summed E-state index contributed by atoms with van der Waals surface area (Å²) < 4.78 is 1.55. The van der Waals surface area contributed by atoms with E-state index in [1.54, 1.807) is 28.6 Å². The SMILES string of the molecule is CN/N=c1/ccc(C(=O)NCC(=O)NCc2cc(=O)c(O)c3n2CCN(C(C)C)C3=O)c[nH]1. The van der Waals surface area contributed by atoms with Crippen molar-refractivity contribution in [2.75, 3.05) is 20.1 Å². The Hall–Kier alpha value is -4.09. The van der Waals surface area contributed by atoms with E-state index < -0.39 is 28.9 Å². The van der Waals surface area contributed by atoms with Gasteiger partial charge >= 0.3 is 0 Å². The zero-order valence-corrected chi connectivity index (χ0v) is 18.6. The van der Waals surface area contributed by atoms with Crippen molar-refractivity contribution < 1.29 is 19.5 Å². The van der Waals surface area contributed by atoms with Crippen LogP contribution < -0.4 is 27.0 Å². The second-order valence-electron chi connectivity index (χ2n) is 7.70. The van der Waals surface area contributed by atoms with Crippen LogP contribution >= 0.6 is 0 Å². The molecule has 0 radical (unpaired) electrons. The van der Waals surface area contributed by atoms with Gasteiger partial charge in [-0.15, -0.1) is 0 Å². The van der Waals surface area contributed by atoms with Gasteiger partial charge in [-0.1, -0.05) is 0 Å². The minimum Gasteiger partial charge on any atom is -0.503 e. The summed E-state index contributed by atoms with van der Waals surface area (Å²) in [5, 5.41) is 19.3. The highest BCUT2D eigenvalue weighted by molar-refractivity contribution is 5.96. The van der Waals surface area contributed by atoms with E-state index >= 15 is 0 Å². The monoisotopic (exact) mass is 457 g/mol. The molecular weight excluding hydrogens is 430 g/mol. The van der Waals surface area contributed by atoms with Gasteiger partial charge in [-0.3, -0.25) is 19.2 Å². The van der Waals surface area contributed by atoms with Gasteiger partial charge in [-0.25, -0.2) is 0 Å². The van der Waals surface area contributed by atoms with Crippen LogP contribution in [0.15, 0.2) is 34.3 Å². The predicted molar refractivity (Wildman–Crippen MR) is 118 cm³/mol. The molecule has 3 amide bonds. The van der Waals surface area contributed by atoms with E-state index in [4.69, 9.17) is 0 Å². The van der Waals surface area contributed by atoms with E-state index in [0.29, 0.717) is 29.8 Å². The Morgan fingerprint density at radius 2 is 1.97 bits per heavy atom. The number of hydrogen-bond acceptors (Lipinski definition) is 7. The zero-order chi connectivity index (χ0) is 24.1. The van der Waals surface area contributed by atoms with Gasteiger partial charge in [0.05, 0.1) is 18.7 Å². The predicted octanol–water partition coefficient (Wildman–Crippen LogP) is -1.17. The molecule has 0 unspecified atom stereocenters. The molecule has 0 spiro atoms. The summed E-state index contributed by atoms with van der Waals surface area (Å²) in [6.07, 6.45) is 1.47. The smallest absolute Gasteiger partial charge is 0.274 e. The maximum atomic E-state index is 12.8. The number of aromatic nitrogens is 2. The third-order valence-electron chi connectivity index (χ3n) is 5.19. The number of amides is 3. The molecule has 1 aliphatic heterocycles. The Balaban J connectivity index is 1.64. The average Bonchev–Trinajstić information content (AvgIpc) is 2.79. The van der Waals surface area contributed by atoms with Crippen molar-refractivity contribution in [1.82, 2.24) is 30.5 Å². The molecule has 0 aliphatic carbocycles. The molecule has 12 heteroatoms. The van der Waals surface area contributed by atoms with Crippen LogP contribution in [0.3, 0.4) is 0 Å². The van der Waals surface area contributed by atoms with Gasteiger partial charge in [-0.05, 0) is 26.0 Å². The summed E-state index contributed by atoms with van der Waals surface area (Å²) in [5.74, 6) is -1.96. The number of rotatable bonds is 7. The van der Waals surface area contributed by atoms with E-state index in [-0.39, 0.29) is 24.8 Å². The zero-order valence-electron chi connectivity index (χ0n) is 18.6. The Morgan fingerprint density at radius 3 is 2.61 bits per heavy atom. The Labute approximate surface area is 189 Å². The molecule has 0 bridgehead atoms. The van der Waals surface area contributed by atoms with Crippen molar-refractivity contribution in [3.05, 3.63) is 57.1 Å². The van der Waals surface area contributed by atoms with Crippen LogP contribution in [0.5, 0.6) is 5.75 Å². The molecule has 0 saturated heterocycles. The van der Waals surface area contributed by atoms with Gasteiger partial charge in [0.2, 0.25) is 11.3 Å². The van der Waals surface area contributed by atoms with Crippen molar-refractivity contribution in [3.63, 3.8) is 0 Å². The lowest BCUT2D eigenvalue weighted by Crippen LogP contribution is -2.46. The van der Waals surface area contributed by atoms with Crippen LogP contribution in [-0.4, -0.2) is 63.5 Å². The van der Waals surface area contributed by atoms with Gasteiger partial charge in [0.25, 0.3) is 11.8 Å². The molecule has 3 rings (SSSR count). The maximum Gasteiger partial charge on any atom is 0.274 e. The molecule has 12 nitrogen and oxygen atoms in total. The molecular formula is C21H27N7O5. The van der Waals surface area contributed by atoms with Gasteiger partial charge in [0, 0.05) is 44.1 Å². The summed E-state index contributed by atoms with van der Waals surface area (Å²) >= 11 is 0. The molecule has 0 atom stereocenters. The lowest BCUT2D eigenvalue weighted by Gasteiger charge is -2.34. The average molecular weight is 457 g/mol. The largest absolute Gasteiger partial charge is 0.503 e. The fraction of sp³-hybridized carbons (Fsp3) is 0.381. The van der Waals surface area contributed by atoms with Crippen LogP contribution in [0.25, 0.3) is 0 Å². The van der Waals surface area contributed by atoms with Gasteiger partial charge in [0.1, 0.15) is 5.49 Å². The highest BCUT2D eigenvalue weighted by Gasteiger charge is 2.31. The second-order valence-corrected chi connectivity index (χ2v) is 7.70. The topological polar surface area (TPSA) is 161 Å². The fourth-order valence-corrected chi connectivity index (χ4v) is 3.50. The molecule has 2 aromatic rings. The number of carbonyl (C=O) groups excluding carboxylic acids is 3. The molecule has 0 saturated carbocycles.